The summed E-state index contributed by atoms with van der Waals surface area (Å²) in [4.78, 5) is 4.04. The van der Waals surface area contributed by atoms with Gasteiger partial charge in [-0.05, 0) is 36.2 Å². The van der Waals surface area contributed by atoms with E-state index in [0.29, 0.717) is 11.6 Å². The monoisotopic (exact) mass is 437 g/mol. The molecule has 0 atom stereocenters. The van der Waals surface area contributed by atoms with Crippen LogP contribution >= 0.6 is 23.2 Å². The Hall–Kier alpha value is -2.59. The third-order valence-electron chi connectivity index (χ3n) is 4.63. The highest BCUT2D eigenvalue weighted by Crippen LogP contribution is 2.30. The van der Waals surface area contributed by atoms with Crippen LogP contribution < -0.4 is 5.32 Å². The second kappa shape index (κ2) is 11.6. The first-order chi connectivity index (χ1) is 14.7. The smallest absolute Gasteiger partial charge is 0.0949 e. The van der Waals surface area contributed by atoms with Crippen molar-refractivity contribution in [3.8, 4) is 0 Å². The van der Waals surface area contributed by atoms with Crippen LogP contribution in [-0.2, 0) is 19.5 Å². The maximum Gasteiger partial charge on any atom is 0.0949 e. The predicted molar refractivity (Wildman–Crippen MR) is 126 cm³/mol. The van der Waals surface area contributed by atoms with Gasteiger partial charge in [0.05, 0.1) is 17.9 Å². The molecule has 0 radical (unpaired) electrons. The highest BCUT2D eigenvalue weighted by molar-refractivity contribution is 6.36. The van der Waals surface area contributed by atoms with Crippen LogP contribution in [0, 0.1) is 0 Å². The first kappa shape index (κ1) is 22.1. The minimum Gasteiger partial charge on any atom is -0.333 e. The fourth-order valence-electron chi connectivity index (χ4n) is 3.11. The average molecular weight is 438 g/mol. The maximum absolute atomic E-state index is 6.56. The summed E-state index contributed by atoms with van der Waals surface area (Å²) in [6.07, 6.45) is 6.20. The molecule has 30 heavy (non-hydrogen) atoms. The Morgan fingerprint density at radius 3 is 2.13 bits per heavy atom. The van der Waals surface area contributed by atoms with Crippen LogP contribution in [0.5, 0.6) is 0 Å². The average Bonchev–Trinajstić information content (AvgIpc) is 3.29. The van der Waals surface area contributed by atoms with Crippen LogP contribution in [0.3, 0.4) is 0 Å². The minimum atomic E-state index is 0.625. The molecule has 0 unspecified atom stereocenters. The van der Waals surface area contributed by atoms with Crippen molar-refractivity contribution >= 4 is 23.2 Å². The van der Waals surface area contributed by atoms with Crippen LogP contribution in [0.15, 0.2) is 91.5 Å². The van der Waals surface area contributed by atoms with Crippen molar-refractivity contribution in [2.45, 2.75) is 19.5 Å². The Morgan fingerprint density at radius 2 is 1.53 bits per heavy atom. The number of hydrogen-bond donors (Lipinski definition) is 1. The largest absolute Gasteiger partial charge is 0.333 e. The quantitative estimate of drug-likeness (QED) is 0.387. The number of imidazole rings is 1. The molecule has 0 aliphatic rings. The second-order valence-corrected chi connectivity index (χ2v) is 7.70. The van der Waals surface area contributed by atoms with Gasteiger partial charge < -0.3 is 9.88 Å². The first-order valence-corrected chi connectivity index (χ1v) is 10.6. The Balaban J connectivity index is 0.000000239. The van der Waals surface area contributed by atoms with Crippen LogP contribution in [0.2, 0.25) is 10.0 Å². The molecule has 3 aromatic carbocycles. The number of halogens is 2. The molecule has 1 aromatic heterocycles. The van der Waals surface area contributed by atoms with Gasteiger partial charge >= 0.3 is 0 Å². The molecule has 5 heteroatoms. The van der Waals surface area contributed by atoms with Gasteiger partial charge in [0, 0.05) is 29.5 Å². The van der Waals surface area contributed by atoms with Crippen LogP contribution in [0.1, 0.15) is 22.3 Å². The lowest BCUT2D eigenvalue weighted by atomic mass is 10.0. The molecule has 0 bridgehead atoms. The number of benzene rings is 3. The van der Waals surface area contributed by atoms with E-state index in [-0.39, 0.29) is 0 Å². The molecule has 3 nitrogen and oxygen atoms in total. The van der Waals surface area contributed by atoms with Gasteiger partial charge in [-0.15, -0.1) is 0 Å². The number of hydrogen-bond acceptors (Lipinski definition) is 2. The van der Waals surface area contributed by atoms with Gasteiger partial charge in [0.15, 0.2) is 0 Å². The van der Waals surface area contributed by atoms with Gasteiger partial charge in [-0.1, -0.05) is 89.9 Å². The molecule has 154 valence electrons. The van der Waals surface area contributed by atoms with Crippen molar-refractivity contribution < 1.29 is 0 Å². The van der Waals surface area contributed by atoms with Crippen molar-refractivity contribution in [1.29, 1.82) is 0 Å². The molecule has 0 saturated heterocycles. The standard InChI is InChI=1S/C17H14Cl2N2.C8H11N/c18-16-7-6-14(10-13-4-2-1-3-5-13)17(19)15(16)11-21-9-8-20-12-21;1-9-7-8-5-3-2-4-6-8/h1-9,12H,10-11H2;2-6,9H,7H2,1H3. The SMILES string of the molecule is CNCc1ccccc1.Clc1ccc(Cc2ccccc2)c(Cl)c1Cn1ccnc1. The Labute approximate surface area is 188 Å². The Kier molecular flexibility index (Phi) is 8.52. The van der Waals surface area contributed by atoms with Gasteiger partial charge in [-0.2, -0.15) is 0 Å². The third-order valence-corrected chi connectivity index (χ3v) is 5.45. The summed E-state index contributed by atoms with van der Waals surface area (Å²) >= 11 is 12.9. The van der Waals surface area contributed by atoms with E-state index in [9.17, 15) is 0 Å². The molecule has 1 heterocycles. The molecule has 0 fully saturated rings. The molecular formula is C25H25Cl2N3. The zero-order valence-electron chi connectivity index (χ0n) is 16.9. The van der Waals surface area contributed by atoms with E-state index in [1.54, 1.807) is 12.5 Å². The first-order valence-electron chi connectivity index (χ1n) is 9.81. The van der Waals surface area contributed by atoms with Gasteiger partial charge in [0.2, 0.25) is 0 Å². The van der Waals surface area contributed by atoms with E-state index in [4.69, 9.17) is 23.2 Å². The van der Waals surface area contributed by atoms with Gasteiger partial charge in [0.1, 0.15) is 0 Å². The van der Waals surface area contributed by atoms with Crippen LogP contribution in [-0.4, -0.2) is 16.6 Å². The summed E-state index contributed by atoms with van der Waals surface area (Å²) in [5, 5.41) is 4.51. The molecule has 0 spiro atoms. The lowest BCUT2D eigenvalue weighted by Crippen LogP contribution is -2.04. The fourth-order valence-corrected chi connectivity index (χ4v) is 3.66. The molecule has 1 N–H and O–H groups in total. The summed E-state index contributed by atoms with van der Waals surface area (Å²) in [5.74, 6) is 0. The summed E-state index contributed by atoms with van der Waals surface area (Å²) in [6, 6.07) is 24.5. The highest BCUT2D eigenvalue weighted by atomic mass is 35.5. The molecule has 4 aromatic rings. The minimum absolute atomic E-state index is 0.625. The van der Waals surface area contributed by atoms with E-state index < -0.39 is 0 Å². The molecule has 0 saturated carbocycles. The van der Waals surface area contributed by atoms with Gasteiger partial charge in [-0.3, -0.25) is 0 Å². The van der Waals surface area contributed by atoms with E-state index in [1.165, 1.54) is 11.1 Å². The summed E-state index contributed by atoms with van der Waals surface area (Å²) < 4.78 is 1.96. The summed E-state index contributed by atoms with van der Waals surface area (Å²) in [6.45, 7) is 1.58. The molecule has 0 aliphatic carbocycles. The van der Waals surface area contributed by atoms with Gasteiger partial charge in [-0.25, -0.2) is 4.98 Å². The zero-order valence-corrected chi connectivity index (χ0v) is 18.4. The lowest BCUT2D eigenvalue weighted by Gasteiger charge is -2.12. The highest BCUT2D eigenvalue weighted by Gasteiger charge is 2.11. The molecule has 0 aliphatic heterocycles. The lowest BCUT2D eigenvalue weighted by molar-refractivity contribution is 0.796. The van der Waals surface area contributed by atoms with E-state index in [0.717, 1.165) is 29.1 Å². The van der Waals surface area contributed by atoms with Crippen LogP contribution in [0.25, 0.3) is 0 Å². The van der Waals surface area contributed by atoms with Crippen molar-refractivity contribution in [3.05, 3.63) is 124 Å². The number of nitrogens with zero attached hydrogens (tertiary/aromatic N) is 2. The van der Waals surface area contributed by atoms with Crippen LogP contribution in [0.4, 0.5) is 0 Å². The van der Waals surface area contributed by atoms with Crippen molar-refractivity contribution in [3.63, 3.8) is 0 Å². The summed E-state index contributed by atoms with van der Waals surface area (Å²) in [7, 11) is 1.95. The molecule has 0 amide bonds. The number of nitrogens with one attached hydrogen (secondary N) is 1. The second-order valence-electron chi connectivity index (χ2n) is 6.91. The van der Waals surface area contributed by atoms with Gasteiger partial charge in [0.25, 0.3) is 0 Å². The topological polar surface area (TPSA) is 29.9 Å². The van der Waals surface area contributed by atoms with Crippen molar-refractivity contribution in [2.75, 3.05) is 7.05 Å². The maximum atomic E-state index is 6.56. The van der Waals surface area contributed by atoms with E-state index in [1.807, 2.05) is 66.3 Å². The van der Waals surface area contributed by atoms with Crippen molar-refractivity contribution in [1.82, 2.24) is 14.9 Å². The molecule has 4 rings (SSSR count). The molecular weight excluding hydrogens is 413 g/mol. The third kappa shape index (κ3) is 6.46. The number of aromatic nitrogens is 2. The summed E-state index contributed by atoms with van der Waals surface area (Å²) in [5.41, 5.74) is 4.59. The normalized spacial score (nSPS) is 10.4. The number of rotatable bonds is 6. The fraction of sp³-hybridized carbons (Fsp3) is 0.160. The Bertz CT molecular complexity index is 1020. The Morgan fingerprint density at radius 1 is 0.867 bits per heavy atom. The van der Waals surface area contributed by atoms with Crippen molar-refractivity contribution in [2.24, 2.45) is 0 Å². The predicted octanol–water partition coefficient (Wildman–Crippen LogP) is 6.24. The zero-order chi connectivity index (χ0) is 21.2. The van der Waals surface area contributed by atoms with E-state index in [2.05, 4.69) is 34.6 Å². The van der Waals surface area contributed by atoms with E-state index >= 15 is 0 Å².